The molecule has 0 spiro atoms. The molecule has 0 radical (unpaired) electrons. The maximum absolute atomic E-state index is 13.9. The Morgan fingerprint density at radius 3 is 2.22 bits per heavy atom. The minimum atomic E-state index is -0.932. The Bertz CT molecular complexity index is 867. The highest BCUT2D eigenvalue weighted by molar-refractivity contribution is 7.80. The third-order valence-corrected chi connectivity index (χ3v) is 6.04. The zero-order valence-corrected chi connectivity index (χ0v) is 24.3. The van der Waals surface area contributed by atoms with Gasteiger partial charge in [0, 0.05) is 18.3 Å². The van der Waals surface area contributed by atoms with Gasteiger partial charge in [0.25, 0.3) is 0 Å². The normalized spacial score (nSPS) is 13.2. The molecule has 0 fully saturated rings. The number of ether oxygens (including phenoxy) is 1. The third kappa shape index (κ3) is 10.8. The van der Waals surface area contributed by atoms with Crippen molar-refractivity contribution in [1.82, 2.24) is 15.5 Å². The van der Waals surface area contributed by atoms with Crippen LogP contribution in [0, 0.1) is 13.8 Å². The number of thiol groups is 1. The van der Waals surface area contributed by atoms with E-state index < -0.39 is 23.8 Å². The van der Waals surface area contributed by atoms with Crippen LogP contribution in [0.5, 0.6) is 0 Å². The minimum absolute atomic E-state index is 0.0791. The standard InChI is InChI=1S/C28H47N3O4S/c1-9-10-11-12-13-16-31(26(33)23(18-36)30-27(34)35-28(6,7)8)24(25(32)29-19(2)3)22-17-20(4)14-15-21(22)5/h14-15,17,19,23-24,36H,9-13,16,18H2,1-8H3,(H,29,32)(H,30,34). The molecule has 0 bridgehead atoms. The second-order valence-electron chi connectivity index (χ2n) is 10.8. The molecule has 0 saturated carbocycles. The summed E-state index contributed by atoms with van der Waals surface area (Å²) in [7, 11) is 0. The van der Waals surface area contributed by atoms with E-state index >= 15 is 0 Å². The van der Waals surface area contributed by atoms with E-state index in [-0.39, 0.29) is 23.6 Å². The molecule has 3 amide bonds. The van der Waals surface area contributed by atoms with E-state index in [1.807, 2.05) is 45.9 Å². The van der Waals surface area contributed by atoms with E-state index in [1.165, 1.54) is 0 Å². The number of amides is 3. The summed E-state index contributed by atoms with van der Waals surface area (Å²) < 4.78 is 5.37. The maximum atomic E-state index is 13.9. The zero-order valence-electron chi connectivity index (χ0n) is 23.4. The van der Waals surface area contributed by atoms with Gasteiger partial charge in [-0.1, -0.05) is 56.4 Å². The predicted molar refractivity (Wildman–Crippen MR) is 149 cm³/mol. The number of nitrogens with zero attached hydrogens (tertiary/aromatic N) is 1. The second kappa shape index (κ2) is 15.1. The maximum Gasteiger partial charge on any atom is 0.408 e. The molecule has 2 N–H and O–H groups in total. The van der Waals surface area contributed by atoms with Gasteiger partial charge in [0.15, 0.2) is 0 Å². The monoisotopic (exact) mass is 521 g/mol. The van der Waals surface area contributed by atoms with E-state index in [2.05, 4.69) is 30.2 Å². The smallest absolute Gasteiger partial charge is 0.408 e. The first-order valence-corrected chi connectivity index (χ1v) is 13.7. The number of hydrogen-bond donors (Lipinski definition) is 3. The van der Waals surface area contributed by atoms with E-state index in [0.29, 0.717) is 6.54 Å². The molecule has 0 aliphatic rings. The summed E-state index contributed by atoms with van der Waals surface area (Å²) in [6, 6.07) is 4.08. The fraction of sp³-hybridized carbons (Fsp3) is 0.679. The van der Waals surface area contributed by atoms with Crippen LogP contribution in [0.15, 0.2) is 18.2 Å². The average Bonchev–Trinajstić information content (AvgIpc) is 2.76. The van der Waals surface area contributed by atoms with Gasteiger partial charge in [-0.15, -0.1) is 0 Å². The van der Waals surface area contributed by atoms with Crippen molar-refractivity contribution < 1.29 is 19.1 Å². The molecule has 2 atom stereocenters. The Kier molecular flexibility index (Phi) is 13.4. The summed E-state index contributed by atoms with van der Waals surface area (Å²) >= 11 is 4.35. The summed E-state index contributed by atoms with van der Waals surface area (Å²) in [6.07, 6.45) is 4.33. The van der Waals surface area contributed by atoms with Crippen molar-refractivity contribution in [3.63, 3.8) is 0 Å². The lowest BCUT2D eigenvalue weighted by Gasteiger charge is -2.35. The summed E-state index contributed by atoms with van der Waals surface area (Å²) in [5, 5.41) is 5.66. The lowest BCUT2D eigenvalue weighted by atomic mass is 9.95. The molecule has 0 saturated heterocycles. The second-order valence-corrected chi connectivity index (χ2v) is 11.1. The van der Waals surface area contributed by atoms with Gasteiger partial charge in [-0.3, -0.25) is 9.59 Å². The quantitative estimate of drug-likeness (QED) is 0.237. The molecule has 7 nitrogen and oxygen atoms in total. The van der Waals surface area contributed by atoms with E-state index in [0.717, 1.165) is 48.8 Å². The Labute approximate surface area is 223 Å². The summed E-state index contributed by atoms with van der Waals surface area (Å²) in [6.45, 7) is 15.6. The van der Waals surface area contributed by atoms with Crippen molar-refractivity contribution in [2.45, 2.75) is 111 Å². The number of rotatable bonds is 13. The fourth-order valence-corrected chi connectivity index (χ4v) is 4.20. The van der Waals surface area contributed by atoms with Gasteiger partial charge in [0.05, 0.1) is 0 Å². The number of alkyl carbamates (subject to hydrolysis) is 1. The van der Waals surface area contributed by atoms with Gasteiger partial charge in [0.1, 0.15) is 17.7 Å². The molecule has 0 aliphatic heterocycles. The number of carbonyl (C=O) groups excluding carboxylic acids is 3. The van der Waals surface area contributed by atoms with Crippen LogP contribution < -0.4 is 10.6 Å². The lowest BCUT2D eigenvalue weighted by molar-refractivity contribution is -0.142. The third-order valence-electron chi connectivity index (χ3n) is 5.68. The highest BCUT2D eigenvalue weighted by Crippen LogP contribution is 2.27. The number of carbonyl (C=O) groups is 3. The number of aryl methyl sites for hydroxylation is 2. The van der Waals surface area contributed by atoms with Crippen molar-refractivity contribution >= 4 is 30.5 Å². The topological polar surface area (TPSA) is 87.7 Å². The van der Waals surface area contributed by atoms with Gasteiger partial charge in [-0.05, 0) is 66.0 Å². The summed E-state index contributed by atoms with van der Waals surface area (Å²) in [4.78, 5) is 41.6. The van der Waals surface area contributed by atoms with Crippen LogP contribution in [-0.4, -0.2) is 52.8 Å². The first-order valence-electron chi connectivity index (χ1n) is 13.1. The molecular formula is C28H47N3O4S. The van der Waals surface area contributed by atoms with Crippen LogP contribution in [0.1, 0.15) is 96.4 Å². The van der Waals surface area contributed by atoms with E-state index in [1.54, 1.807) is 25.7 Å². The SMILES string of the molecule is CCCCCCCN(C(=O)C(CS)NC(=O)OC(C)(C)C)C(C(=O)NC(C)C)c1cc(C)ccc1C. The van der Waals surface area contributed by atoms with Crippen LogP contribution in [0.4, 0.5) is 4.79 Å². The Hall–Kier alpha value is -2.22. The van der Waals surface area contributed by atoms with Crippen molar-refractivity contribution in [3.8, 4) is 0 Å². The molecule has 1 rings (SSSR count). The molecule has 36 heavy (non-hydrogen) atoms. The number of benzene rings is 1. The molecule has 1 aromatic rings. The van der Waals surface area contributed by atoms with Gasteiger partial charge in [0.2, 0.25) is 11.8 Å². The molecular weight excluding hydrogens is 474 g/mol. The first-order chi connectivity index (χ1) is 16.8. The summed E-state index contributed by atoms with van der Waals surface area (Å²) in [5.74, 6) is -0.512. The number of unbranched alkanes of at least 4 members (excludes halogenated alkanes) is 4. The molecule has 0 aliphatic carbocycles. The van der Waals surface area contributed by atoms with Gasteiger partial charge in [-0.25, -0.2) is 4.79 Å². The van der Waals surface area contributed by atoms with Crippen LogP contribution in [0.25, 0.3) is 0 Å². The number of nitrogens with one attached hydrogen (secondary N) is 2. The van der Waals surface area contributed by atoms with Crippen molar-refractivity contribution in [3.05, 3.63) is 34.9 Å². The lowest BCUT2D eigenvalue weighted by Crippen LogP contribution is -2.54. The first kappa shape index (κ1) is 31.8. The van der Waals surface area contributed by atoms with Gasteiger partial charge < -0.3 is 20.3 Å². The van der Waals surface area contributed by atoms with E-state index in [4.69, 9.17) is 4.74 Å². The van der Waals surface area contributed by atoms with Crippen molar-refractivity contribution in [2.75, 3.05) is 12.3 Å². The average molecular weight is 522 g/mol. The molecule has 8 heteroatoms. The largest absolute Gasteiger partial charge is 0.444 e. The van der Waals surface area contributed by atoms with E-state index in [9.17, 15) is 14.4 Å². The Balaban J connectivity index is 3.43. The predicted octanol–water partition coefficient (Wildman–Crippen LogP) is 5.49. The fourth-order valence-electron chi connectivity index (χ4n) is 3.96. The highest BCUT2D eigenvalue weighted by Gasteiger charge is 2.36. The summed E-state index contributed by atoms with van der Waals surface area (Å²) in [5.41, 5.74) is 2.01. The molecule has 2 unspecified atom stereocenters. The van der Waals surface area contributed by atoms with Gasteiger partial charge in [-0.2, -0.15) is 12.6 Å². The Morgan fingerprint density at radius 2 is 1.67 bits per heavy atom. The molecule has 0 heterocycles. The Morgan fingerprint density at radius 1 is 1.03 bits per heavy atom. The van der Waals surface area contributed by atoms with Crippen LogP contribution in [0.2, 0.25) is 0 Å². The zero-order chi connectivity index (χ0) is 27.5. The number of hydrogen-bond acceptors (Lipinski definition) is 5. The highest BCUT2D eigenvalue weighted by atomic mass is 32.1. The van der Waals surface area contributed by atoms with Crippen molar-refractivity contribution in [2.24, 2.45) is 0 Å². The van der Waals surface area contributed by atoms with Crippen LogP contribution in [0.3, 0.4) is 0 Å². The van der Waals surface area contributed by atoms with Crippen LogP contribution >= 0.6 is 12.6 Å². The van der Waals surface area contributed by atoms with Gasteiger partial charge >= 0.3 is 6.09 Å². The molecule has 0 aromatic heterocycles. The minimum Gasteiger partial charge on any atom is -0.444 e. The molecule has 204 valence electrons. The van der Waals surface area contributed by atoms with Crippen molar-refractivity contribution in [1.29, 1.82) is 0 Å². The van der Waals surface area contributed by atoms with Crippen LogP contribution in [-0.2, 0) is 14.3 Å². The molecule has 1 aromatic carbocycles.